The van der Waals surface area contributed by atoms with Crippen LogP contribution in [0, 0.1) is 5.82 Å². The SMILES string of the molecule is O=C(CSc1nnc(NC2CCCCC2)s1)N1CCN(S(=O)(=O)c2cccc(F)c2)CC1. The Balaban J connectivity index is 1.24. The van der Waals surface area contributed by atoms with E-state index in [2.05, 4.69) is 15.5 Å². The van der Waals surface area contributed by atoms with Crippen molar-refractivity contribution in [3.05, 3.63) is 30.1 Å². The number of hydrogen-bond acceptors (Lipinski definition) is 8. The number of anilines is 1. The van der Waals surface area contributed by atoms with Crippen LogP contribution in [0.2, 0.25) is 0 Å². The molecule has 1 saturated heterocycles. The molecular weight excluding hydrogens is 473 g/mol. The number of thioether (sulfide) groups is 1. The molecule has 1 aromatic heterocycles. The number of halogens is 1. The molecule has 2 heterocycles. The first-order chi connectivity index (χ1) is 15.4. The van der Waals surface area contributed by atoms with E-state index in [1.807, 2.05) is 0 Å². The Kier molecular flexibility index (Phi) is 7.64. The minimum absolute atomic E-state index is 0.0604. The maximum Gasteiger partial charge on any atom is 0.243 e. The first-order valence-corrected chi connectivity index (χ1v) is 13.9. The summed E-state index contributed by atoms with van der Waals surface area (Å²) >= 11 is 2.81. The molecule has 0 spiro atoms. The molecule has 0 radical (unpaired) electrons. The smallest absolute Gasteiger partial charge is 0.243 e. The highest BCUT2D eigenvalue weighted by atomic mass is 32.2. The number of hydrogen-bond donors (Lipinski definition) is 1. The second-order valence-electron chi connectivity index (χ2n) is 7.88. The van der Waals surface area contributed by atoms with Gasteiger partial charge in [0.05, 0.1) is 10.6 Å². The van der Waals surface area contributed by atoms with Crippen LogP contribution < -0.4 is 5.32 Å². The molecular formula is C20H26FN5O3S3. The van der Waals surface area contributed by atoms with Crippen molar-refractivity contribution in [3.8, 4) is 0 Å². The summed E-state index contributed by atoms with van der Waals surface area (Å²) in [7, 11) is -3.77. The number of sulfonamides is 1. The Morgan fingerprint density at radius 3 is 2.62 bits per heavy atom. The van der Waals surface area contributed by atoms with Crippen LogP contribution in [0.5, 0.6) is 0 Å². The van der Waals surface area contributed by atoms with E-state index in [0.29, 0.717) is 19.1 Å². The first kappa shape index (κ1) is 23.4. The Morgan fingerprint density at radius 1 is 1.16 bits per heavy atom. The number of nitrogens with one attached hydrogen (secondary N) is 1. The maximum absolute atomic E-state index is 13.4. The third-order valence-electron chi connectivity index (χ3n) is 5.68. The van der Waals surface area contributed by atoms with Gasteiger partial charge in [-0.2, -0.15) is 4.31 Å². The topological polar surface area (TPSA) is 95.5 Å². The molecule has 1 amide bonds. The summed E-state index contributed by atoms with van der Waals surface area (Å²) in [6.45, 7) is 0.976. The largest absolute Gasteiger partial charge is 0.357 e. The number of nitrogens with zero attached hydrogens (tertiary/aromatic N) is 4. The van der Waals surface area contributed by atoms with E-state index in [9.17, 15) is 17.6 Å². The van der Waals surface area contributed by atoms with E-state index in [0.717, 1.165) is 28.4 Å². The van der Waals surface area contributed by atoms with Crippen molar-refractivity contribution in [3.63, 3.8) is 0 Å². The number of benzene rings is 1. The predicted molar refractivity (Wildman–Crippen MR) is 123 cm³/mol. The van der Waals surface area contributed by atoms with Gasteiger partial charge in [0, 0.05) is 32.2 Å². The summed E-state index contributed by atoms with van der Waals surface area (Å²) in [6, 6.07) is 5.44. The predicted octanol–water partition coefficient (Wildman–Crippen LogP) is 3.05. The molecule has 12 heteroatoms. The van der Waals surface area contributed by atoms with Crippen molar-refractivity contribution in [1.29, 1.82) is 0 Å². The fourth-order valence-electron chi connectivity index (χ4n) is 3.92. The minimum atomic E-state index is -3.77. The molecule has 0 unspecified atom stereocenters. The van der Waals surface area contributed by atoms with E-state index in [1.165, 1.54) is 64.9 Å². The molecule has 0 atom stereocenters. The quantitative estimate of drug-likeness (QED) is 0.585. The number of rotatable bonds is 7. The summed E-state index contributed by atoms with van der Waals surface area (Å²) in [5.41, 5.74) is 0. The summed E-state index contributed by atoms with van der Waals surface area (Å²) in [5.74, 6) is -0.421. The number of piperazine rings is 1. The van der Waals surface area contributed by atoms with E-state index in [-0.39, 0.29) is 29.6 Å². The van der Waals surface area contributed by atoms with Gasteiger partial charge in [-0.25, -0.2) is 12.8 Å². The molecule has 1 aliphatic heterocycles. The molecule has 1 N–H and O–H groups in total. The maximum atomic E-state index is 13.4. The fourth-order valence-corrected chi connectivity index (χ4v) is 7.10. The van der Waals surface area contributed by atoms with Crippen LogP contribution in [0.3, 0.4) is 0 Å². The number of aromatic nitrogens is 2. The van der Waals surface area contributed by atoms with Crippen LogP contribution in [0.25, 0.3) is 0 Å². The van der Waals surface area contributed by atoms with Gasteiger partial charge in [0.15, 0.2) is 4.34 Å². The third kappa shape index (κ3) is 5.77. The lowest BCUT2D eigenvalue weighted by molar-refractivity contribution is -0.129. The Bertz CT molecular complexity index is 1030. The highest BCUT2D eigenvalue weighted by molar-refractivity contribution is 8.01. The van der Waals surface area contributed by atoms with Gasteiger partial charge in [-0.1, -0.05) is 48.4 Å². The van der Waals surface area contributed by atoms with Crippen molar-refractivity contribution in [2.45, 2.75) is 47.4 Å². The molecule has 2 aliphatic rings. The molecule has 2 fully saturated rings. The second-order valence-corrected chi connectivity index (χ2v) is 12.0. The normalized spacial score (nSPS) is 18.6. The summed E-state index contributed by atoms with van der Waals surface area (Å²) < 4.78 is 40.9. The van der Waals surface area contributed by atoms with Crippen LogP contribution in [-0.4, -0.2) is 71.7 Å². The zero-order valence-electron chi connectivity index (χ0n) is 17.6. The molecule has 0 bridgehead atoms. The van der Waals surface area contributed by atoms with Crippen molar-refractivity contribution in [2.24, 2.45) is 0 Å². The molecule has 32 heavy (non-hydrogen) atoms. The van der Waals surface area contributed by atoms with Crippen LogP contribution in [0.15, 0.2) is 33.5 Å². The third-order valence-corrected chi connectivity index (χ3v) is 9.55. The average molecular weight is 500 g/mol. The highest BCUT2D eigenvalue weighted by Gasteiger charge is 2.30. The fraction of sp³-hybridized carbons (Fsp3) is 0.550. The lowest BCUT2D eigenvalue weighted by atomic mass is 9.96. The van der Waals surface area contributed by atoms with Crippen LogP contribution in [-0.2, 0) is 14.8 Å². The van der Waals surface area contributed by atoms with E-state index < -0.39 is 15.8 Å². The Hall–Kier alpha value is -1.76. The average Bonchev–Trinajstić information content (AvgIpc) is 3.25. The molecule has 1 aromatic carbocycles. The van der Waals surface area contributed by atoms with E-state index in [1.54, 1.807) is 4.90 Å². The minimum Gasteiger partial charge on any atom is -0.357 e. The zero-order chi connectivity index (χ0) is 22.6. The number of amides is 1. The molecule has 2 aromatic rings. The van der Waals surface area contributed by atoms with Crippen LogP contribution in [0.4, 0.5) is 9.52 Å². The zero-order valence-corrected chi connectivity index (χ0v) is 20.0. The Morgan fingerprint density at radius 2 is 1.91 bits per heavy atom. The lowest BCUT2D eigenvalue weighted by Gasteiger charge is -2.34. The van der Waals surface area contributed by atoms with Gasteiger partial charge in [-0.15, -0.1) is 10.2 Å². The van der Waals surface area contributed by atoms with Gasteiger partial charge in [-0.3, -0.25) is 4.79 Å². The van der Waals surface area contributed by atoms with E-state index >= 15 is 0 Å². The van der Waals surface area contributed by atoms with Gasteiger partial charge in [0.1, 0.15) is 5.82 Å². The molecule has 1 saturated carbocycles. The molecule has 8 nitrogen and oxygen atoms in total. The van der Waals surface area contributed by atoms with Gasteiger partial charge < -0.3 is 10.2 Å². The van der Waals surface area contributed by atoms with Gasteiger partial charge in [0.25, 0.3) is 0 Å². The van der Waals surface area contributed by atoms with Gasteiger partial charge in [0.2, 0.25) is 21.1 Å². The monoisotopic (exact) mass is 499 g/mol. The van der Waals surface area contributed by atoms with Crippen molar-refractivity contribution < 1.29 is 17.6 Å². The lowest BCUT2D eigenvalue weighted by Crippen LogP contribution is -2.50. The summed E-state index contributed by atoms with van der Waals surface area (Å²) in [4.78, 5) is 14.2. The van der Waals surface area contributed by atoms with Crippen molar-refractivity contribution in [1.82, 2.24) is 19.4 Å². The number of carbonyl (C=O) groups is 1. The molecule has 1 aliphatic carbocycles. The summed E-state index contributed by atoms with van der Waals surface area (Å²) in [6.07, 6.45) is 6.08. The van der Waals surface area contributed by atoms with Gasteiger partial charge >= 0.3 is 0 Å². The summed E-state index contributed by atoms with van der Waals surface area (Å²) in [5, 5.41) is 12.6. The van der Waals surface area contributed by atoms with Crippen LogP contribution >= 0.6 is 23.1 Å². The van der Waals surface area contributed by atoms with Crippen molar-refractivity contribution >= 4 is 44.2 Å². The first-order valence-electron chi connectivity index (χ1n) is 10.7. The standard InChI is InChI=1S/C20H26FN5O3S3/c21-15-5-4-8-17(13-15)32(28,29)26-11-9-25(10-12-26)18(27)14-30-20-24-23-19(31-20)22-16-6-2-1-3-7-16/h4-5,8,13,16H,1-3,6-7,9-12,14H2,(H,22,23). The van der Waals surface area contributed by atoms with Crippen molar-refractivity contribution in [2.75, 3.05) is 37.2 Å². The van der Waals surface area contributed by atoms with Crippen LogP contribution in [0.1, 0.15) is 32.1 Å². The highest BCUT2D eigenvalue weighted by Crippen LogP contribution is 2.28. The number of carbonyl (C=O) groups excluding carboxylic acids is 1. The second kappa shape index (κ2) is 10.4. The van der Waals surface area contributed by atoms with E-state index in [4.69, 9.17) is 0 Å². The Labute approximate surface area is 195 Å². The molecule has 4 rings (SSSR count). The van der Waals surface area contributed by atoms with Gasteiger partial charge in [-0.05, 0) is 31.0 Å². The molecule has 174 valence electrons.